The zero-order chi connectivity index (χ0) is 13.4. The largest absolute Gasteiger partial charge is 0.453 e. The number of hydrogen-bond donors (Lipinski definition) is 1. The average Bonchev–Trinajstić information content (AvgIpc) is 2.36. The summed E-state index contributed by atoms with van der Waals surface area (Å²) in [5.41, 5.74) is 0. The number of carbonyl (C=O) groups excluding carboxylic acids is 1. The zero-order valence-corrected chi connectivity index (χ0v) is 12.1. The SMILES string of the molecule is CCCCN1CC(CCC)CC(NC(=O)OC)C1. The first-order chi connectivity index (χ1) is 8.69. The van der Waals surface area contributed by atoms with Crippen LogP contribution in [0.3, 0.4) is 0 Å². The fraction of sp³-hybridized carbons (Fsp3) is 0.929. The molecule has 0 spiro atoms. The van der Waals surface area contributed by atoms with Crippen LogP contribution >= 0.6 is 0 Å². The third-order valence-electron chi connectivity index (χ3n) is 3.65. The van der Waals surface area contributed by atoms with Gasteiger partial charge in [-0.15, -0.1) is 0 Å². The molecule has 1 rings (SSSR count). The number of nitrogens with one attached hydrogen (secondary N) is 1. The molecule has 106 valence electrons. The minimum Gasteiger partial charge on any atom is -0.453 e. The number of methoxy groups -OCH3 is 1. The molecule has 0 radical (unpaired) electrons. The molecule has 1 amide bonds. The van der Waals surface area contributed by atoms with Crippen molar-refractivity contribution in [3.05, 3.63) is 0 Å². The summed E-state index contributed by atoms with van der Waals surface area (Å²) < 4.78 is 4.70. The predicted molar refractivity (Wildman–Crippen MR) is 73.7 cm³/mol. The summed E-state index contributed by atoms with van der Waals surface area (Å²) in [6.07, 6.45) is 5.73. The van der Waals surface area contributed by atoms with E-state index in [1.807, 2.05) is 0 Å². The van der Waals surface area contributed by atoms with E-state index in [-0.39, 0.29) is 12.1 Å². The lowest BCUT2D eigenvalue weighted by Crippen LogP contribution is -2.51. The second-order valence-electron chi connectivity index (χ2n) is 5.34. The molecule has 0 aromatic carbocycles. The maximum atomic E-state index is 11.3. The first-order valence-electron chi connectivity index (χ1n) is 7.26. The van der Waals surface area contributed by atoms with Gasteiger partial charge in [0.15, 0.2) is 0 Å². The fourth-order valence-electron chi connectivity index (χ4n) is 2.81. The normalized spacial score (nSPS) is 24.8. The van der Waals surface area contributed by atoms with E-state index in [0.29, 0.717) is 5.92 Å². The Labute approximate surface area is 111 Å². The Bertz CT molecular complexity index is 246. The number of piperidine rings is 1. The Hall–Kier alpha value is -0.770. The van der Waals surface area contributed by atoms with Crippen LogP contribution in [0.15, 0.2) is 0 Å². The number of nitrogens with zero attached hydrogens (tertiary/aromatic N) is 1. The Morgan fingerprint density at radius 3 is 2.72 bits per heavy atom. The minimum atomic E-state index is -0.299. The monoisotopic (exact) mass is 256 g/mol. The molecule has 1 aliphatic heterocycles. The van der Waals surface area contributed by atoms with Gasteiger partial charge in [-0.25, -0.2) is 4.79 Å². The Kier molecular flexibility index (Phi) is 7.09. The molecule has 0 aromatic heterocycles. The molecule has 1 fully saturated rings. The molecule has 2 unspecified atom stereocenters. The van der Waals surface area contributed by atoms with Gasteiger partial charge in [0.05, 0.1) is 7.11 Å². The van der Waals surface area contributed by atoms with Crippen molar-refractivity contribution in [2.75, 3.05) is 26.7 Å². The molecule has 1 N–H and O–H groups in total. The van der Waals surface area contributed by atoms with Gasteiger partial charge in [0.1, 0.15) is 0 Å². The van der Waals surface area contributed by atoms with Crippen LogP contribution in [0.5, 0.6) is 0 Å². The van der Waals surface area contributed by atoms with Crippen molar-refractivity contribution in [3.63, 3.8) is 0 Å². The molecule has 0 aliphatic carbocycles. The van der Waals surface area contributed by atoms with Crippen molar-refractivity contribution in [1.82, 2.24) is 10.2 Å². The van der Waals surface area contributed by atoms with Crippen molar-refractivity contribution in [1.29, 1.82) is 0 Å². The molecule has 0 aromatic rings. The number of unbranched alkanes of at least 4 members (excludes halogenated alkanes) is 1. The van der Waals surface area contributed by atoms with Crippen molar-refractivity contribution in [2.24, 2.45) is 5.92 Å². The quantitative estimate of drug-likeness (QED) is 0.794. The third kappa shape index (κ3) is 5.25. The standard InChI is InChI=1S/C14H28N2O2/c1-4-6-8-16-10-12(7-5-2)9-13(11-16)15-14(17)18-3/h12-13H,4-11H2,1-3H3,(H,15,17). The van der Waals surface area contributed by atoms with Gasteiger partial charge in [-0.2, -0.15) is 0 Å². The molecule has 0 saturated carbocycles. The van der Waals surface area contributed by atoms with E-state index >= 15 is 0 Å². The molecule has 0 bridgehead atoms. The van der Waals surface area contributed by atoms with Gasteiger partial charge in [0.2, 0.25) is 0 Å². The molecule has 4 nitrogen and oxygen atoms in total. The van der Waals surface area contributed by atoms with Gasteiger partial charge < -0.3 is 15.0 Å². The number of ether oxygens (including phenoxy) is 1. The van der Waals surface area contributed by atoms with E-state index in [9.17, 15) is 4.79 Å². The van der Waals surface area contributed by atoms with Crippen LogP contribution in [-0.2, 0) is 4.74 Å². The molecule has 1 heterocycles. The van der Waals surface area contributed by atoms with E-state index in [1.54, 1.807) is 0 Å². The summed E-state index contributed by atoms with van der Waals surface area (Å²) in [6, 6.07) is 0.250. The summed E-state index contributed by atoms with van der Waals surface area (Å²) >= 11 is 0. The van der Waals surface area contributed by atoms with Gasteiger partial charge in [-0.3, -0.25) is 0 Å². The van der Waals surface area contributed by atoms with Crippen LogP contribution in [0.2, 0.25) is 0 Å². The number of hydrogen-bond acceptors (Lipinski definition) is 3. The predicted octanol–water partition coefficient (Wildman–Crippen LogP) is 2.63. The number of alkyl carbamates (subject to hydrolysis) is 1. The summed E-state index contributed by atoms with van der Waals surface area (Å²) in [7, 11) is 1.43. The first-order valence-corrected chi connectivity index (χ1v) is 7.26. The summed E-state index contributed by atoms with van der Waals surface area (Å²) in [4.78, 5) is 13.8. The molecule has 18 heavy (non-hydrogen) atoms. The lowest BCUT2D eigenvalue weighted by Gasteiger charge is -2.38. The van der Waals surface area contributed by atoms with Gasteiger partial charge in [-0.05, 0) is 31.7 Å². The highest BCUT2D eigenvalue weighted by atomic mass is 16.5. The van der Waals surface area contributed by atoms with Crippen molar-refractivity contribution in [3.8, 4) is 0 Å². The molecular formula is C14H28N2O2. The van der Waals surface area contributed by atoms with Crippen LogP contribution in [0.1, 0.15) is 46.0 Å². The van der Waals surface area contributed by atoms with Gasteiger partial charge in [-0.1, -0.05) is 26.7 Å². The molecule has 2 atom stereocenters. The van der Waals surface area contributed by atoms with E-state index in [0.717, 1.165) is 19.5 Å². The number of rotatable bonds is 6. The lowest BCUT2D eigenvalue weighted by molar-refractivity contribution is 0.120. The van der Waals surface area contributed by atoms with E-state index in [2.05, 4.69) is 24.1 Å². The lowest BCUT2D eigenvalue weighted by atomic mass is 9.90. The van der Waals surface area contributed by atoms with Crippen LogP contribution in [-0.4, -0.2) is 43.8 Å². The fourth-order valence-corrected chi connectivity index (χ4v) is 2.81. The maximum absolute atomic E-state index is 11.3. The molecular weight excluding hydrogens is 228 g/mol. The minimum absolute atomic E-state index is 0.250. The highest BCUT2D eigenvalue weighted by molar-refractivity contribution is 5.67. The summed E-state index contributed by atoms with van der Waals surface area (Å²) in [6.45, 7) is 7.75. The van der Waals surface area contributed by atoms with E-state index in [1.165, 1.54) is 39.3 Å². The van der Waals surface area contributed by atoms with Gasteiger partial charge >= 0.3 is 6.09 Å². The molecule has 1 aliphatic rings. The summed E-state index contributed by atoms with van der Waals surface area (Å²) in [5.74, 6) is 0.711. The highest BCUT2D eigenvalue weighted by Gasteiger charge is 2.27. The van der Waals surface area contributed by atoms with Gasteiger partial charge in [0, 0.05) is 19.1 Å². The smallest absolute Gasteiger partial charge is 0.407 e. The highest BCUT2D eigenvalue weighted by Crippen LogP contribution is 2.21. The van der Waals surface area contributed by atoms with Crippen molar-refractivity contribution < 1.29 is 9.53 Å². The Balaban J connectivity index is 2.47. The Morgan fingerprint density at radius 1 is 1.33 bits per heavy atom. The van der Waals surface area contributed by atoms with Crippen LogP contribution in [0, 0.1) is 5.92 Å². The number of likely N-dealkylation sites (tertiary alicyclic amines) is 1. The number of amides is 1. The second-order valence-corrected chi connectivity index (χ2v) is 5.34. The maximum Gasteiger partial charge on any atom is 0.407 e. The van der Waals surface area contributed by atoms with Crippen LogP contribution < -0.4 is 5.32 Å². The van der Waals surface area contributed by atoms with E-state index in [4.69, 9.17) is 4.74 Å². The van der Waals surface area contributed by atoms with Crippen LogP contribution in [0.4, 0.5) is 4.79 Å². The molecule has 1 saturated heterocycles. The Morgan fingerprint density at radius 2 is 2.11 bits per heavy atom. The van der Waals surface area contributed by atoms with Gasteiger partial charge in [0.25, 0.3) is 0 Å². The third-order valence-corrected chi connectivity index (χ3v) is 3.65. The topological polar surface area (TPSA) is 41.6 Å². The molecule has 4 heteroatoms. The average molecular weight is 256 g/mol. The first kappa shape index (κ1) is 15.3. The summed E-state index contributed by atoms with van der Waals surface area (Å²) in [5, 5.41) is 2.96. The van der Waals surface area contributed by atoms with Crippen molar-refractivity contribution in [2.45, 2.75) is 52.0 Å². The van der Waals surface area contributed by atoms with E-state index < -0.39 is 0 Å². The second kappa shape index (κ2) is 8.35. The number of carbonyl (C=O) groups is 1. The van der Waals surface area contributed by atoms with Crippen LogP contribution in [0.25, 0.3) is 0 Å². The van der Waals surface area contributed by atoms with Crippen molar-refractivity contribution >= 4 is 6.09 Å². The zero-order valence-electron chi connectivity index (χ0n) is 12.1.